The van der Waals surface area contributed by atoms with E-state index in [0.29, 0.717) is 5.15 Å². The third-order valence-corrected chi connectivity index (χ3v) is 3.11. The zero-order valence-electron chi connectivity index (χ0n) is 10.1. The van der Waals surface area contributed by atoms with Crippen molar-refractivity contribution in [2.45, 2.75) is 13.0 Å². The average molecular weight is 266 g/mol. The molecule has 0 aliphatic heterocycles. The molecule has 0 fully saturated rings. The van der Waals surface area contributed by atoms with Crippen LogP contribution in [-0.2, 0) is 0 Å². The quantitative estimate of drug-likeness (QED) is 0.851. The molecular weight excluding hydrogens is 253 g/mol. The maximum absolute atomic E-state index is 12.9. The molecule has 0 unspecified atom stereocenters. The smallest absolute Gasteiger partial charge is 0.151 e. The molecule has 3 nitrogen and oxygen atoms in total. The van der Waals surface area contributed by atoms with Crippen molar-refractivity contribution in [3.63, 3.8) is 0 Å². The van der Waals surface area contributed by atoms with E-state index in [2.05, 4.69) is 10.2 Å². The van der Waals surface area contributed by atoms with Crippen LogP contribution >= 0.6 is 11.6 Å². The Morgan fingerprint density at radius 1 is 1.11 bits per heavy atom. The summed E-state index contributed by atoms with van der Waals surface area (Å²) in [5.41, 5.74) is 1.01. The van der Waals surface area contributed by atoms with Gasteiger partial charge in [-0.3, -0.25) is 0 Å². The first-order chi connectivity index (χ1) is 8.58. The lowest BCUT2D eigenvalue weighted by Crippen LogP contribution is -2.22. The van der Waals surface area contributed by atoms with Crippen LogP contribution in [0.4, 0.5) is 10.2 Å². The Balaban J connectivity index is 2.20. The Kier molecular flexibility index (Phi) is 3.77. The first kappa shape index (κ1) is 12.8. The highest BCUT2D eigenvalue weighted by Crippen LogP contribution is 2.23. The van der Waals surface area contributed by atoms with Gasteiger partial charge in [0, 0.05) is 7.05 Å². The summed E-state index contributed by atoms with van der Waals surface area (Å²) >= 11 is 5.70. The number of hydrogen-bond donors (Lipinski definition) is 0. The Morgan fingerprint density at radius 3 is 2.33 bits per heavy atom. The van der Waals surface area contributed by atoms with Gasteiger partial charge < -0.3 is 4.90 Å². The predicted octanol–water partition coefficient (Wildman–Crippen LogP) is 3.47. The van der Waals surface area contributed by atoms with Crippen LogP contribution < -0.4 is 4.90 Å². The van der Waals surface area contributed by atoms with Gasteiger partial charge in [0.15, 0.2) is 11.0 Å². The third kappa shape index (κ3) is 2.76. The monoisotopic (exact) mass is 265 g/mol. The molecule has 0 aliphatic rings. The molecule has 5 heteroatoms. The van der Waals surface area contributed by atoms with Gasteiger partial charge in [-0.15, -0.1) is 10.2 Å². The molecule has 2 aromatic rings. The fraction of sp³-hybridized carbons (Fsp3) is 0.231. The van der Waals surface area contributed by atoms with Crippen molar-refractivity contribution < 1.29 is 4.39 Å². The molecule has 1 heterocycles. The SMILES string of the molecule is C[C@@H](c1ccc(F)cc1)N(C)c1ccc(Cl)nn1. The van der Waals surface area contributed by atoms with E-state index >= 15 is 0 Å². The van der Waals surface area contributed by atoms with E-state index in [9.17, 15) is 4.39 Å². The summed E-state index contributed by atoms with van der Waals surface area (Å²) < 4.78 is 12.9. The Bertz CT molecular complexity index is 463. The third-order valence-electron chi connectivity index (χ3n) is 2.91. The lowest BCUT2D eigenvalue weighted by atomic mass is 10.1. The van der Waals surface area contributed by atoms with Crippen molar-refractivity contribution >= 4 is 17.4 Å². The van der Waals surface area contributed by atoms with Crippen LogP contribution in [0.2, 0.25) is 5.15 Å². The molecular formula is C13H13ClFN3. The number of halogens is 2. The van der Waals surface area contributed by atoms with Crippen molar-refractivity contribution in [1.29, 1.82) is 0 Å². The summed E-state index contributed by atoms with van der Waals surface area (Å²) in [6, 6.07) is 9.99. The second-order valence-corrected chi connectivity index (χ2v) is 4.44. The van der Waals surface area contributed by atoms with Gasteiger partial charge in [0.1, 0.15) is 5.82 Å². The minimum absolute atomic E-state index is 0.0704. The molecule has 0 radical (unpaired) electrons. The first-order valence-electron chi connectivity index (χ1n) is 5.55. The van der Waals surface area contributed by atoms with Gasteiger partial charge in [0.2, 0.25) is 0 Å². The molecule has 2 rings (SSSR count). The molecule has 0 saturated carbocycles. The van der Waals surface area contributed by atoms with Crippen LogP contribution in [-0.4, -0.2) is 17.2 Å². The van der Waals surface area contributed by atoms with E-state index in [1.54, 1.807) is 24.3 Å². The topological polar surface area (TPSA) is 29.0 Å². The van der Waals surface area contributed by atoms with Crippen LogP contribution in [0.15, 0.2) is 36.4 Å². The summed E-state index contributed by atoms with van der Waals surface area (Å²) in [5.74, 6) is 0.483. The molecule has 94 valence electrons. The van der Waals surface area contributed by atoms with Gasteiger partial charge in [0.05, 0.1) is 6.04 Å². The highest BCUT2D eigenvalue weighted by molar-refractivity contribution is 6.29. The van der Waals surface area contributed by atoms with E-state index in [0.717, 1.165) is 11.4 Å². The first-order valence-corrected chi connectivity index (χ1v) is 5.93. The van der Waals surface area contributed by atoms with E-state index in [4.69, 9.17) is 11.6 Å². The molecule has 1 atom stereocenters. The van der Waals surface area contributed by atoms with Crippen LogP contribution in [0, 0.1) is 5.82 Å². The minimum atomic E-state index is -0.236. The molecule has 18 heavy (non-hydrogen) atoms. The summed E-state index contributed by atoms with van der Waals surface area (Å²) in [5, 5.41) is 8.18. The highest BCUT2D eigenvalue weighted by atomic mass is 35.5. The number of hydrogen-bond acceptors (Lipinski definition) is 3. The number of nitrogens with zero attached hydrogens (tertiary/aromatic N) is 3. The normalized spacial score (nSPS) is 12.2. The summed E-state index contributed by atoms with van der Waals surface area (Å²) in [4.78, 5) is 1.95. The van der Waals surface area contributed by atoms with Gasteiger partial charge in [0.25, 0.3) is 0 Å². The number of benzene rings is 1. The maximum atomic E-state index is 12.9. The molecule has 1 aromatic carbocycles. The van der Waals surface area contributed by atoms with Crippen LogP contribution in [0.1, 0.15) is 18.5 Å². The molecule has 0 spiro atoms. The van der Waals surface area contributed by atoms with Crippen molar-refractivity contribution in [1.82, 2.24) is 10.2 Å². The highest BCUT2D eigenvalue weighted by Gasteiger charge is 2.13. The lowest BCUT2D eigenvalue weighted by Gasteiger charge is -2.25. The Hall–Kier alpha value is -1.68. The molecule has 0 saturated heterocycles. The number of aromatic nitrogens is 2. The van der Waals surface area contributed by atoms with Crippen LogP contribution in [0.25, 0.3) is 0 Å². The van der Waals surface area contributed by atoms with Gasteiger partial charge >= 0.3 is 0 Å². The van der Waals surface area contributed by atoms with E-state index in [-0.39, 0.29) is 11.9 Å². The molecule has 0 bridgehead atoms. The molecule has 0 N–H and O–H groups in total. The lowest BCUT2D eigenvalue weighted by molar-refractivity contribution is 0.624. The van der Waals surface area contributed by atoms with Crippen LogP contribution in [0.5, 0.6) is 0 Å². The fourth-order valence-corrected chi connectivity index (χ4v) is 1.76. The summed E-state index contributed by atoms with van der Waals surface area (Å²) in [7, 11) is 1.91. The largest absolute Gasteiger partial charge is 0.351 e. The number of rotatable bonds is 3. The van der Waals surface area contributed by atoms with Gasteiger partial charge in [-0.05, 0) is 36.8 Å². The predicted molar refractivity (Wildman–Crippen MR) is 70.3 cm³/mol. The van der Waals surface area contributed by atoms with Gasteiger partial charge in [-0.25, -0.2) is 4.39 Å². The Morgan fingerprint density at radius 2 is 1.78 bits per heavy atom. The number of anilines is 1. The summed E-state index contributed by atoms with van der Waals surface area (Å²) in [6.07, 6.45) is 0. The Labute approximate surface area is 110 Å². The summed E-state index contributed by atoms with van der Waals surface area (Å²) in [6.45, 7) is 2.02. The van der Waals surface area contributed by atoms with E-state index in [1.807, 2.05) is 18.9 Å². The second kappa shape index (κ2) is 5.31. The van der Waals surface area contributed by atoms with Gasteiger partial charge in [-0.1, -0.05) is 23.7 Å². The standard InChI is InChI=1S/C13H13ClFN3/c1-9(10-3-5-11(15)6-4-10)18(2)13-8-7-12(14)16-17-13/h3-9H,1-2H3/t9-/m0/s1. The molecule has 1 aromatic heterocycles. The van der Waals surface area contributed by atoms with Gasteiger partial charge in [-0.2, -0.15) is 0 Å². The second-order valence-electron chi connectivity index (χ2n) is 4.05. The average Bonchev–Trinajstić information content (AvgIpc) is 2.39. The zero-order chi connectivity index (χ0) is 13.1. The van der Waals surface area contributed by atoms with Crippen molar-refractivity contribution in [2.24, 2.45) is 0 Å². The van der Waals surface area contributed by atoms with Crippen molar-refractivity contribution in [2.75, 3.05) is 11.9 Å². The van der Waals surface area contributed by atoms with Crippen LogP contribution in [0.3, 0.4) is 0 Å². The van der Waals surface area contributed by atoms with E-state index < -0.39 is 0 Å². The van der Waals surface area contributed by atoms with Crippen molar-refractivity contribution in [3.05, 3.63) is 52.9 Å². The van der Waals surface area contributed by atoms with E-state index in [1.165, 1.54) is 12.1 Å². The zero-order valence-corrected chi connectivity index (χ0v) is 10.9. The molecule has 0 amide bonds. The van der Waals surface area contributed by atoms with Crippen molar-refractivity contribution in [3.8, 4) is 0 Å². The fourth-order valence-electron chi connectivity index (χ4n) is 1.66. The maximum Gasteiger partial charge on any atom is 0.151 e. The molecule has 0 aliphatic carbocycles. The minimum Gasteiger partial charge on any atom is -0.351 e.